The normalized spacial score (nSPS) is 29.0. The Morgan fingerprint density at radius 2 is 2.06 bits per heavy atom. The summed E-state index contributed by atoms with van der Waals surface area (Å²) in [6, 6.07) is 0.618. The topological polar surface area (TPSA) is 24.5 Å². The smallest absolute Gasteiger partial charge is 0.0471 e. The second-order valence-electron chi connectivity index (χ2n) is 6.88. The van der Waals surface area contributed by atoms with Crippen LogP contribution in [0.2, 0.25) is 0 Å². The summed E-state index contributed by atoms with van der Waals surface area (Å²) < 4.78 is 5.49. The molecule has 2 saturated heterocycles. The van der Waals surface area contributed by atoms with E-state index in [4.69, 9.17) is 4.74 Å². The van der Waals surface area contributed by atoms with Gasteiger partial charge in [0.05, 0.1) is 0 Å². The Hall–Kier alpha value is -0.120. The number of likely N-dealkylation sites (tertiary alicyclic amines) is 1. The van der Waals surface area contributed by atoms with Gasteiger partial charge in [0, 0.05) is 32.3 Å². The highest BCUT2D eigenvalue weighted by Gasteiger charge is 2.32. The molecule has 0 aromatic rings. The van der Waals surface area contributed by atoms with Crippen LogP contribution in [0.25, 0.3) is 0 Å². The standard InChI is InChI=1S/C15H30N2O/c1-13(2)16-10-14-4-7-17(11-14)12-15(3)5-8-18-9-6-15/h13-14,16H,4-12H2,1-3H3. The van der Waals surface area contributed by atoms with Gasteiger partial charge in [0.2, 0.25) is 0 Å². The van der Waals surface area contributed by atoms with E-state index in [0.717, 1.165) is 19.1 Å². The first kappa shape index (κ1) is 14.3. The Morgan fingerprint density at radius 1 is 1.33 bits per heavy atom. The first-order chi connectivity index (χ1) is 8.57. The van der Waals surface area contributed by atoms with Crippen molar-refractivity contribution >= 4 is 0 Å². The number of nitrogens with zero attached hydrogens (tertiary/aromatic N) is 1. The summed E-state index contributed by atoms with van der Waals surface area (Å²) in [4.78, 5) is 2.68. The van der Waals surface area contributed by atoms with Crippen molar-refractivity contribution in [2.45, 2.75) is 46.1 Å². The molecule has 2 rings (SSSR count). The minimum Gasteiger partial charge on any atom is -0.381 e. The van der Waals surface area contributed by atoms with Crippen LogP contribution in [-0.4, -0.2) is 50.3 Å². The molecule has 106 valence electrons. The van der Waals surface area contributed by atoms with E-state index in [1.165, 1.54) is 45.4 Å². The van der Waals surface area contributed by atoms with Gasteiger partial charge in [0.15, 0.2) is 0 Å². The van der Waals surface area contributed by atoms with Crippen molar-refractivity contribution in [3.63, 3.8) is 0 Å². The molecule has 1 atom stereocenters. The molecule has 3 nitrogen and oxygen atoms in total. The van der Waals surface area contributed by atoms with Gasteiger partial charge in [-0.25, -0.2) is 0 Å². The molecular weight excluding hydrogens is 224 g/mol. The zero-order chi connectivity index (χ0) is 13.0. The molecule has 0 aromatic heterocycles. The van der Waals surface area contributed by atoms with Gasteiger partial charge < -0.3 is 15.0 Å². The lowest BCUT2D eigenvalue weighted by Gasteiger charge is -2.37. The monoisotopic (exact) mass is 254 g/mol. The molecule has 2 aliphatic rings. The summed E-state index contributed by atoms with van der Waals surface area (Å²) in [5.74, 6) is 0.857. The van der Waals surface area contributed by atoms with Gasteiger partial charge in [-0.3, -0.25) is 0 Å². The van der Waals surface area contributed by atoms with Crippen molar-refractivity contribution in [2.24, 2.45) is 11.3 Å². The molecule has 1 unspecified atom stereocenters. The summed E-state index contributed by atoms with van der Waals surface area (Å²) in [7, 11) is 0. The van der Waals surface area contributed by atoms with E-state index in [1.54, 1.807) is 0 Å². The van der Waals surface area contributed by atoms with Crippen LogP contribution in [0.15, 0.2) is 0 Å². The second-order valence-corrected chi connectivity index (χ2v) is 6.88. The van der Waals surface area contributed by atoms with Gasteiger partial charge >= 0.3 is 0 Å². The van der Waals surface area contributed by atoms with Crippen molar-refractivity contribution in [3.05, 3.63) is 0 Å². The van der Waals surface area contributed by atoms with E-state index in [1.807, 2.05) is 0 Å². The highest BCUT2D eigenvalue weighted by molar-refractivity contribution is 4.85. The molecule has 2 heterocycles. The minimum atomic E-state index is 0.499. The van der Waals surface area contributed by atoms with E-state index in [9.17, 15) is 0 Å². The summed E-state index contributed by atoms with van der Waals surface area (Å²) in [6.07, 6.45) is 3.84. The predicted molar refractivity (Wildman–Crippen MR) is 75.8 cm³/mol. The zero-order valence-corrected chi connectivity index (χ0v) is 12.4. The lowest BCUT2D eigenvalue weighted by molar-refractivity contribution is 0.00804. The van der Waals surface area contributed by atoms with Crippen LogP contribution in [0.4, 0.5) is 0 Å². The predicted octanol–water partition coefficient (Wildman–Crippen LogP) is 2.12. The molecule has 2 aliphatic heterocycles. The molecule has 3 heteroatoms. The molecule has 0 bridgehead atoms. The number of nitrogens with one attached hydrogen (secondary N) is 1. The quantitative estimate of drug-likeness (QED) is 0.813. The number of rotatable bonds is 5. The summed E-state index contributed by atoms with van der Waals surface area (Å²) in [5, 5.41) is 3.57. The first-order valence-corrected chi connectivity index (χ1v) is 7.61. The van der Waals surface area contributed by atoms with Gasteiger partial charge in [0.25, 0.3) is 0 Å². The highest BCUT2D eigenvalue weighted by Crippen LogP contribution is 2.32. The van der Waals surface area contributed by atoms with Crippen molar-refractivity contribution in [1.82, 2.24) is 10.2 Å². The van der Waals surface area contributed by atoms with E-state index in [-0.39, 0.29) is 0 Å². The van der Waals surface area contributed by atoms with E-state index in [2.05, 4.69) is 31.0 Å². The Kier molecular flexibility index (Phi) is 5.05. The minimum absolute atomic E-state index is 0.499. The maximum atomic E-state index is 5.49. The molecule has 0 spiro atoms. The SMILES string of the molecule is CC(C)NCC1CCN(CC2(C)CCOCC2)C1. The first-order valence-electron chi connectivity index (χ1n) is 7.61. The van der Waals surface area contributed by atoms with Gasteiger partial charge in [-0.15, -0.1) is 0 Å². The maximum absolute atomic E-state index is 5.49. The molecule has 18 heavy (non-hydrogen) atoms. The molecule has 0 radical (unpaired) electrons. The fourth-order valence-corrected chi connectivity index (χ4v) is 3.19. The fraction of sp³-hybridized carbons (Fsp3) is 1.00. The van der Waals surface area contributed by atoms with Crippen LogP contribution >= 0.6 is 0 Å². The van der Waals surface area contributed by atoms with Gasteiger partial charge in [0.1, 0.15) is 0 Å². The largest absolute Gasteiger partial charge is 0.381 e. The zero-order valence-electron chi connectivity index (χ0n) is 12.4. The van der Waals surface area contributed by atoms with Gasteiger partial charge in [-0.05, 0) is 43.7 Å². The summed E-state index contributed by atoms with van der Waals surface area (Å²) >= 11 is 0. The fourth-order valence-electron chi connectivity index (χ4n) is 3.19. The number of ether oxygens (including phenoxy) is 1. The van der Waals surface area contributed by atoms with Crippen LogP contribution < -0.4 is 5.32 Å². The van der Waals surface area contributed by atoms with Gasteiger partial charge in [-0.1, -0.05) is 20.8 Å². The lowest BCUT2D eigenvalue weighted by atomic mass is 9.82. The Bertz CT molecular complexity index is 249. The van der Waals surface area contributed by atoms with E-state index >= 15 is 0 Å². The van der Waals surface area contributed by atoms with E-state index in [0.29, 0.717) is 11.5 Å². The summed E-state index contributed by atoms with van der Waals surface area (Å²) in [6.45, 7) is 13.9. The average Bonchev–Trinajstić information content (AvgIpc) is 2.74. The number of hydrogen-bond acceptors (Lipinski definition) is 3. The number of hydrogen-bond donors (Lipinski definition) is 1. The van der Waals surface area contributed by atoms with Crippen molar-refractivity contribution in [2.75, 3.05) is 39.4 Å². The Labute approximate surface area is 112 Å². The molecule has 0 amide bonds. The Morgan fingerprint density at radius 3 is 2.72 bits per heavy atom. The average molecular weight is 254 g/mol. The Balaban J connectivity index is 1.71. The van der Waals surface area contributed by atoms with Crippen LogP contribution in [0, 0.1) is 11.3 Å². The highest BCUT2D eigenvalue weighted by atomic mass is 16.5. The van der Waals surface area contributed by atoms with E-state index < -0.39 is 0 Å². The molecule has 0 saturated carbocycles. The van der Waals surface area contributed by atoms with Gasteiger partial charge in [-0.2, -0.15) is 0 Å². The second kappa shape index (κ2) is 6.36. The summed E-state index contributed by atoms with van der Waals surface area (Å²) in [5.41, 5.74) is 0.499. The molecule has 0 aromatic carbocycles. The van der Waals surface area contributed by atoms with Crippen LogP contribution in [0.1, 0.15) is 40.0 Å². The third-order valence-electron chi connectivity index (χ3n) is 4.49. The van der Waals surface area contributed by atoms with Crippen molar-refractivity contribution in [1.29, 1.82) is 0 Å². The third kappa shape index (κ3) is 4.22. The maximum Gasteiger partial charge on any atom is 0.0471 e. The van der Waals surface area contributed by atoms with Crippen molar-refractivity contribution in [3.8, 4) is 0 Å². The van der Waals surface area contributed by atoms with Crippen LogP contribution in [-0.2, 0) is 4.74 Å². The van der Waals surface area contributed by atoms with Crippen molar-refractivity contribution < 1.29 is 4.74 Å². The molecular formula is C15H30N2O. The van der Waals surface area contributed by atoms with Crippen LogP contribution in [0.3, 0.4) is 0 Å². The molecule has 1 N–H and O–H groups in total. The third-order valence-corrected chi connectivity index (χ3v) is 4.49. The van der Waals surface area contributed by atoms with Crippen LogP contribution in [0.5, 0.6) is 0 Å². The molecule has 0 aliphatic carbocycles. The molecule has 2 fully saturated rings. The lowest BCUT2D eigenvalue weighted by Crippen LogP contribution is -2.39.